The molecule has 0 bridgehead atoms. The van der Waals surface area contributed by atoms with Crippen molar-refractivity contribution in [1.82, 2.24) is 0 Å². The van der Waals surface area contributed by atoms with Gasteiger partial charge in [0.25, 0.3) is 0 Å². The third-order valence-corrected chi connectivity index (χ3v) is 3.56. The average molecular weight is 328 g/mol. The van der Waals surface area contributed by atoms with E-state index in [-0.39, 0.29) is 11.3 Å². The van der Waals surface area contributed by atoms with Crippen LogP contribution in [0.3, 0.4) is 0 Å². The molecule has 0 heterocycles. The molecule has 0 saturated heterocycles. The first kappa shape index (κ1) is 14.0. The van der Waals surface area contributed by atoms with Crippen LogP contribution in [0, 0.1) is 11.6 Å². The van der Waals surface area contributed by atoms with Crippen molar-refractivity contribution < 1.29 is 13.5 Å². The number of benzene rings is 2. The van der Waals surface area contributed by atoms with Gasteiger partial charge in [-0.1, -0.05) is 28.1 Å². The molecule has 100 valence electrons. The van der Waals surface area contributed by atoms with Crippen molar-refractivity contribution in [3.8, 4) is 5.75 Å². The van der Waals surface area contributed by atoms with E-state index in [0.29, 0.717) is 10.0 Å². The van der Waals surface area contributed by atoms with Crippen molar-refractivity contribution in [3.63, 3.8) is 0 Å². The molecular weight excluding hydrogens is 316 g/mol. The summed E-state index contributed by atoms with van der Waals surface area (Å²) in [5, 5.41) is 0. The van der Waals surface area contributed by atoms with E-state index in [1.807, 2.05) is 0 Å². The summed E-state index contributed by atoms with van der Waals surface area (Å²) in [7, 11) is 1.38. The van der Waals surface area contributed by atoms with Crippen molar-refractivity contribution in [1.29, 1.82) is 0 Å². The van der Waals surface area contributed by atoms with Gasteiger partial charge in [0.05, 0.1) is 13.2 Å². The second-order valence-electron chi connectivity index (χ2n) is 4.01. The molecule has 0 aliphatic carbocycles. The molecule has 1 atom stereocenters. The average Bonchev–Trinajstić information content (AvgIpc) is 2.41. The monoisotopic (exact) mass is 327 g/mol. The number of hydrogen-bond donors (Lipinski definition) is 1. The van der Waals surface area contributed by atoms with E-state index in [4.69, 9.17) is 10.5 Å². The molecular formula is C14H12BrF2NO. The molecule has 5 heteroatoms. The van der Waals surface area contributed by atoms with Crippen LogP contribution >= 0.6 is 15.9 Å². The Morgan fingerprint density at radius 3 is 2.58 bits per heavy atom. The summed E-state index contributed by atoms with van der Waals surface area (Å²) < 4.78 is 32.9. The fourth-order valence-electron chi connectivity index (χ4n) is 1.85. The molecule has 0 aliphatic rings. The summed E-state index contributed by atoms with van der Waals surface area (Å²) in [5.74, 6) is -0.842. The highest BCUT2D eigenvalue weighted by Gasteiger charge is 2.19. The molecule has 0 amide bonds. The highest BCUT2D eigenvalue weighted by molar-refractivity contribution is 9.10. The summed E-state index contributed by atoms with van der Waals surface area (Å²) in [6.07, 6.45) is 0. The van der Waals surface area contributed by atoms with Gasteiger partial charge in [0.2, 0.25) is 0 Å². The van der Waals surface area contributed by atoms with Crippen molar-refractivity contribution in [3.05, 3.63) is 63.6 Å². The van der Waals surface area contributed by atoms with Gasteiger partial charge in [-0.2, -0.15) is 0 Å². The smallest absolute Gasteiger partial charge is 0.170 e. The fourth-order valence-corrected chi connectivity index (χ4v) is 2.34. The molecule has 0 aromatic heterocycles. The lowest BCUT2D eigenvalue weighted by Crippen LogP contribution is -2.15. The zero-order valence-corrected chi connectivity index (χ0v) is 11.7. The molecule has 0 fully saturated rings. The Balaban J connectivity index is 2.50. The van der Waals surface area contributed by atoms with E-state index in [1.165, 1.54) is 25.3 Å². The van der Waals surface area contributed by atoms with E-state index in [9.17, 15) is 8.78 Å². The Hall–Kier alpha value is -1.46. The van der Waals surface area contributed by atoms with Crippen molar-refractivity contribution >= 4 is 15.9 Å². The topological polar surface area (TPSA) is 35.2 Å². The van der Waals surface area contributed by atoms with Gasteiger partial charge in [0.1, 0.15) is 5.82 Å². The zero-order chi connectivity index (χ0) is 14.0. The molecule has 0 saturated carbocycles. The number of hydrogen-bond acceptors (Lipinski definition) is 2. The summed E-state index contributed by atoms with van der Waals surface area (Å²) in [4.78, 5) is 0. The number of halogens is 3. The van der Waals surface area contributed by atoms with Gasteiger partial charge in [-0.05, 0) is 29.8 Å². The number of ether oxygens (including phenoxy) is 1. The minimum Gasteiger partial charge on any atom is -0.494 e. The lowest BCUT2D eigenvalue weighted by atomic mass is 9.99. The molecule has 1 unspecified atom stereocenters. The van der Waals surface area contributed by atoms with Crippen LogP contribution in [-0.4, -0.2) is 7.11 Å². The van der Waals surface area contributed by atoms with Gasteiger partial charge < -0.3 is 10.5 Å². The highest BCUT2D eigenvalue weighted by atomic mass is 79.9. The van der Waals surface area contributed by atoms with Crippen LogP contribution in [0.4, 0.5) is 8.78 Å². The molecule has 2 aromatic rings. The highest BCUT2D eigenvalue weighted by Crippen LogP contribution is 2.31. The van der Waals surface area contributed by atoms with Gasteiger partial charge in [-0.15, -0.1) is 0 Å². The number of rotatable bonds is 3. The first-order chi connectivity index (χ1) is 9.04. The van der Waals surface area contributed by atoms with Crippen LogP contribution in [0.1, 0.15) is 17.2 Å². The van der Waals surface area contributed by atoms with Crippen molar-refractivity contribution in [2.24, 2.45) is 5.73 Å². The lowest BCUT2D eigenvalue weighted by molar-refractivity contribution is 0.383. The summed E-state index contributed by atoms with van der Waals surface area (Å²) in [6, 6.07) is 8.06. The minimum atomic E-state index is -0.778. The molecule has 19 heavy (non-hydrogen) atoms. The normalized spacial score (nSPS) is 12.3. The molecule has 2 rings (SSSR count). The Bertz CT molecular complexity index is 604. The summed E-state index contributed by atoms with van der Waals surface area (Å²) in [5.41, 5.74) is 6.75. The largest absolute Gasteiger partial charge is 0.494 e. The van der Waals surface area contributed by atoms with Crippen LogP contribution < -0.4 is 10.5 Å². The predicted octanol–water partition coefficient (Wildman–Crippen LogP) is 3.78. The van der Waals surface area contributed by atoms with Crippen LogP contribution in [-0.2, 0) is 0 Å². The van der Waals surface area contributed by atoms with Crippen LogP contribution in [0.25, 0.3) is 0 Å². The van der Waals surface area contributed by atoms with Gasteiger partial charge in [-0.25, -0.2) is 8.78 Å². The maximum Gasteiger partial charge on any atom is 0.170 e. The van der Waals surface area contributed by atoms with Gasteiger partial charge >= 0.3 is 0 Å². The van der Waals surface area contributed by atoms with E-state index in [0.717, 1.165) is 0 Å². The van der Waals surface area contributed by atoms with E-state index in [1.54, 1.807) is 18.2 Å². The number of nitrogens with two attached hydrogens (primary N) is 1. The maximum absolute atomic E-state index is 14.1. The van der Waals surface area contributed by atoms with Crippen molar-refractivity contribution in [2.75, 3.05) is 7.11 Å². The van der Waals surface area contributed by atoms with Crippen LogP contribution in [0.15, 0.2) is 40.9 Å². The first-order valence-electron chi connectivity index (χ1n) is 5.57. The van der Waals surface area contributed by atoms with E-state index < -0.39 is 17.7 Å². The van der Waals surface area contributed by atoms with Crippen molar-refractivity contribution in [2.45, 2.75) is 6.04 Å². The molecule has 2 nitrogen and oxygen atoms in total. The fraction of sp³-hybridized carbons (Fsp3) is 0.143. The number of methoxy groups -OCH3 is 1. The lowest BCUT2D eigenvalue weighted by Gasteiger charge is -2.16. The Labute approximate surface area is 118 Å². The minimum absolute atomic E-state index is 0.112. The zero-order valence-electron chi connectivity index (χ0n) is 10.2. The van der Waals surface area contributed by atoms with E-state index >= 15 is 0 Å². The first-order valence-corrected chi connectivity index (χ1v) is 6.37. The second kappa shape index (κ2) is 5.67. The maximum atomic E-state index is 14.1. The Morgan fingerprint density at radius 1 is 1.16 bits per heavy atom. The third kappa shape index (κ3) is 2.77. The van der Waals surface area contributed by atoms with Crippen LogP contribution in [0.5, 0.6) is 5.75 Å². The van der Waals surface area contributed by atoms with Gasteiger partial charge in [0, 0.05) is 10.0 Å². The summed E-state index contributed by atoms with van der Waals surface area (Å²) in [6.45, 7) is 0. The molecule has 0 spiro atoms. The Morgan fingerprint density at radius 2 is 1.89 bits per heavy atom. The molecule has 2 N–H and O–H groups in total. The summed E-state index contributed by atoms with van der Waals surface area (Å²) >= 11 is 3.29. The van der Waals surface area contributed by atoms with E-state index in [2.05, 4.69) is 15.9 Å². The Kier molecular flexibility index (Phi) is 4.17. The quantitative estimate of drug-likeness (QED) is 0.931. The predicted molar refractivity (Wildman–Crippen MR) is 73.1 cm³/mol. The third-order valence-electron chi connectivity index (χ3n) is 2.84. The molecule has 0 aliphatic heterocycles. The van der Waals surface area contributed by atoms with Gasteiger partial charge in [0.15, 0.2) is 11.6 Å². The second-order valence-corrected chi connectivity index (χ2v) is 4.86. The molecule has 0 radical (unpaired) electrons. The molecule has 2 aromatic carbocycles. The SMILES string of the molecule is COc1cccc(C(N)c2cc(F)ccc2Br)c1F. The van der Waals surface area contributed by atoms with Gasteiger partial charge in [-0.3, -0.25) is 0 Å². The standard InChI is InChI=1S/C14H12BrF2NO/c1-19-12-4-2-3-9(13(12)17)14(18)10-7-8(16)5-6-11(10)15/h2-7,14H,18H2,1H3. The van der Waals surface area contributed by atoms with Crippen LogP contribution in [0.2, 0.25) is 0 Å².